The number of anilines is 1. The van der Waals surface area contributed by atoms with E-state index in [1.165, 1.54) is 16.7 Å². The van der Waals surface area contributed by atoms with Gasteiger partial charge >= 0.3 is 5.97 Å². The second kappa shape index (κ2) is 8.76. The summed E-state index contributed by atoms with van der Waals surface area (Å²) in [6.45, 7) is 0. The molecule has 2 aromatic heterocycles. The zero-order valence-corrected chi connectivity index (χ0v) is 18.4. The molecule has 1 fully saturated rings. The number of fused-ring (bicyclic) bond motifs is 1. The van der Waals surface area contributed by atoms with Gasteiger partial charge in [-0.1, -0.05) is 39.9 Å². The summed E-state index contributed by atoms with van der Waals surface area (Å²) in [5, 5.41) is 24.5. The summed E-state index contributed by atoms with van der Waals surface area (Å²) in [7, 11) is 0. The average Bonchev–Trinajstić information content (AvgIpc) is 3.10. The van der Waals surface area contributed by atoms with Crippen LogP contribution in [0.15, 0.2) is 45.2 Å². The van der Waals surface area contributed by atoms with Crippen molar-refractivity contribution >= 4 is 63.3 Å². The molecule has 2 aromatic rings. The van der Waals surface area contributed by atoms with E-state index in [2.05, 4.69) is 20.4 Å². The first-order chi connectivity index (χ1) is 15.3. The van der Waals surface area contributed by atoms with Crippen LogP contribution in [0.4, 0.5) is 5.13 Å². The van der Waals surface area contributed by atoms with Gasteiger partial charge in [-0.25, -0.2) is 9.78 Å². The summed E-state index contributed by atoms with van der Waals surface area (Å²) in [4.78, 5) is 47.7. The molecule has 11 nitrogen and oxygen atoms in total. The minimum atomic E-state index is -1.23. The molecular weight excluding hydrogens is 480 g/mol. The molecule has 2 amide bonds. The summed E-state index contributed by atoms with van der Waals surface area (Å²) in [6.07, 6.45) is 4.05. The fraction of sp³-hybridized carbons (Fsp3) is 0.222. The summed E-state index contributed by atoms with van der Waals surface area (Å²) >= 11 is 8.11. The van der Waals surface area contributed by atoms with Crippen LogP contribution in [-0.4, -0.2) is 60.8 Å². The van der Waals surface area contributed by atoms with Crippen molar-refractivity contribution in [2.45, 2.75) is 29.8 Å². The lowest BCUT2D eigenvalue weighted by Gasteiger charge is -2.50. The van der Waals surface area contributed by atoms with Gasteiger partial charge < -0.3 is 21.4 Å². The smallest absolute Gasteiger partial charge is 0.353 e. The Morgan fingerprint density at radius 3 is 2.81 bits per heavy atom. The zero-order chi connectivity index (χ0) is 23.0. The van der Waals surface area contributed by atoms with Crippen molar-refractivity contribution < 1.29 is 24.7 Å². The number of carboxylic acid groups (broad SMARTS) is 1. The molecule has 2 aliphatic rings. The van der Waals surface area contributed by atoms with Gasteiger partial charge in [-0.15, -0.1) is 0 Å². The second-order valence-corrected chi connectivity index (χ2v) is 9.56. The number of allylic oxidation sites excluding steroid dienone is 1. The number of carbonyl (C=O) groups excluding carboxylic acids is 2. The highest BCUT2D eigenvalue weighted by Crippen LogP contribution is 2.43. The third kappa shape index (κ3) is 3.89. The quantitative estimate of drug-likeness (QED) is 0.201. The van der Waals surface area contributed by atoms with Crippen molar-refractivity contribution in [2.24, 2.45) is 5.16 Å². The number of aliphatic carboxylic acids is 1. The molecular formula is C18H15ClN6O5S2. The molecule has 1 saturated heterocycles. The number of oxime groups is 1. The van der Waals surface area contributed by atoms with Crippen molar-refractivity contribution in [3.8, 4) is 0 Å². The number of halogens is 1. The second-order valence-electron chi connectivity index (χ2n) is 6.76. The van der Waals surface area contributed by atoms with Crippen LogP contribution in [0.5, 0.6) is 0 Å². The van der Waals surface area contributed by atoms with Gasteiger partial charge in [0.2, 0.25) is 0 Å². The molecule has 0 radical (unpaired) electrons. The van der Waals surface area contributed by atoms with E-state index >= 15 is 0 Å². The number of nitrogens with zero attached hydrogens (tertiary/aromatic N) is 4. The molecule has 0 bridgehead atoms. The summed E-state index contributed by atoms with van der Waals surface area (Å²) in [6, 6.07) is 2.00. The number of nitrogens with one attached hydrogen (secondary N) is 1. The molecule has 4 rings (SSSR count). The van der Waals surface area contributed by atoms with Gasteiger partial charge in [-0.2, -0.15) is 0 Å². The van der Waals surface area contributed by atoms with Crippen LogP contribution >= 0.6 is 34.7 Å². The number of amides is 2. The third-order valence-electron chi connectivity index (χ3n) is 4.90. The van der Waals surface area contributed by atoms with Crippen molar-refractivity contribution in [2.75, 3.05) is 5.73 Å². The lowest BCUT2D eigenvalue weighted by Crippen LogP contribution is -2.72. The van der Waals surface area contributed by atoms with Gasteiger partial charge in [0.1, 0.15) is 21.8 Å². The molecule has 2 atom stereocenters. The van der Waals surface area contributed by atoms with Gasteiger partial charge in [-0.05, 0) is 25.0 Å². The van der Waals surface area contributed by atoms with Crippen LogP contribution in [0.3, 0.4) is 0 Å². The number of thioether (sulfide) groups is 1. The van der Waals surface area contributed by atoms with Crippen LogP contribution in [0.2, 0.25) is 4.34 Å². The standard InChI is InChI=1S/C18H15ClN6O5S2/c19-14-11(23-18(20)32-14)12(24-30)15(26)22-10-8-3-4-9(31-7-2-1-5-21-6-7)13(17(28)29)25(8)16(10)27/h1-2,5-6,8,10,30H,3-4H2,(H2,20,23)(H,22,26)(H,28,29)/t8-,10+/m1/s1. The van der Waals surface area contributed by atoms with E-state index < -0.39 is 35.6 Å². The minimum absolute atomic E-state index is 0.0536. The highest BCUT2D eigenvalue weighted by molar-refractivity contribution is 8.03. The maximum atomic E-state index is 12.8. The molecule has 0 aliphatic carbocycles. The number of hydrogen-bond acceptors (Lipinski definition) is 10. The predicted molar refractivity (Wildman–Crippen MR) is 116 cm³/mol. The van der Waals surface area contributed by atoms with Crippen LogP contribution in [-0.2, 0) is 14.4 Å². The van der Waals surface area contributed by atoms with Crippen molar-refractivity contribution in [1.29, 1.82) is 0 Å². The highest BCUT2D eigenvalue weighted by atomic mass is 35.5. The number of β-lactam (4-membered cyclic amide) rings is 1. The molecule has 4 heterocycles. The Bertz CT molecular complexity index is 1170. The van der Waals surface area contributed by atoms with Gasteiger partial charge in [0.15, 0.2) is 10.8 Å². The maximum absolute atomic E-state index is 12.8. The van der Waals surface area contributed by atoms with E-state index in [0.29, 0.717) is 17.7 Å². The Hall–Kier alpha value is -3.16. The van der Waals surface area contributed by atoms with Crippen molar-refractivity contribution in [3.05, 3.63) is 45.2 Å². The summed E-state index contributed by atoms with van der Waals surface area (Å²) < 4.78 is 0.0536. The molecule has 0 unspecified atom stereocenters. The Morgan fingerprint density at radius 1 is 1.44 bits per heavy atom. The van der Waals surface area contributed by atoms with Crippen LogP contribution in [0.1, 0.15) is 18.5 Å². The van der Waals surface area contributed by atoms with E-state index in [4.69, 9.17) is 17.3 Å². The Morgan fingerprint density at radius 2 is 2.22 bits per heavy atom. The molecule has 0 spiro atoms. The average molecular weight is 495 g/mol. The lowest BCUT2D eigenvalue weighted by atomic mass is 9.86. The number of nitrogen functional groups attached to an aromatic ring is 1. The normalized spacial score (nSPS) is 20.6. The van der Waals surface area contributed by atoms with E-state index in [-0.39, 0.29) is 20.9 Å². The zero-order valence-electron chi connectivity index (χ0n) is 16.1. The Labute approximate surface area is 194 Å². The first-order valence-corrected chi connectivity index (χ1v) is 11.2. The molecule has 0 aromatic carbocycles. The molecule has 5 N–H and O–H groups in total. The molecule has 2 aliphatic heterocycles. The van der Waals surface area contributed by atoms with E-state index in [1.54, 1.807) is 24.5 Å². The van der Waals surface area contributed by atoms with E-state index in [1.807, 2.05) is 0 Å². The van der Waals surface area contributed by atoms with Crippen LogP contribution in [0, 0.1) is 0 Å². The SMILES string of the molecule is Nc1nc(C(=NO)C(=O)N[C@@H]2C(=O)N3C(C(=O)O)=C(Sc4cccnc4)CC[C@H]23)c(Cl)s1. The van der Waals surface area contributed by atoms with E-state index in [9.17, 15) is 24.7 Å². The fourth-order valence-corrected chi connectivity index (χ4v) is 5.53. The fourth-order valence-electron chi connectivity index (χ4n) is 3.55. The Balaban J connectivity index is 1.53. The molecule has 166 valence electrons. The van der Waals surface area contributed by atoms with Gasteiger partial charge in [0.05, 0.1) is 6.04 Å². The summed E-state index contributed by atoms with van der Waals surface area (Å²) in [5.41, 5.74) is 4.84. The molecule has 14 heteroatoms. The predicted octanol–water partition coefficient (Wildman–Crippen LogP) is 1.53. The van der Waals surface area contributed by atoms with Crippen LogP contribution < -0.4 is 11.1 Å². The first kappa shape index (κ1) is 22.0. The number of pyridine rings is 1. The van der Waals surface area contributed by atoms with Crippen molar-refractivity contribution in [3.63, 3.8) is 0 Å². The topological polar surface area (TPSA) is 171 Å². The maximum Gasteiger partial charge on any atom is 0.353 e. The number of nitrogens with two attached hydrogens (primary N) is 1. The monoisotopic (exact) mass is 494 g/mol. The van der Waals surface area contributed by atoms with Crippen LogP contribution in [0.25, 0.3) is 0 Å². The highest BCUT2D eigenvalue weighted by Gasteiger charge is 2.53. The van der Waals surface area contributed by atoms with Gasteiger partial charge in [-0.3, -0.25) is 19.5 Å². The van der Waals surface area contributed by atoms with Gasteiger partial charge in [0.25, 0.3) is 11.8 Å². The first-order valence-electron chi connectivity index (χ1n) is 9.14. The van der Waals surface area contributed by atoms with Crippen molar-refractivity contribution in [1.82, 2.24) is 20.2 Å². The largest absolute Gasteiger partial charge is 0.477 e. The Kier molecular flexibility index (Phi) is 6.04. The van der Waals surface area contributed by atoms with Gasteiger partial charge in [0, 0.05) is 22.2 Å². The number of thiazole rings is 1. The summed E-state index contributed by atoms with van der Waals surface area (Å²) in [5.74, 6) is -2.69. The molecule has 32 heavy (non-hydrogen) atoms. The lowest BCUT2D eigenvalue weighted by molar-refractivity contribution is -0.155. The number of hydrogen-bond donors (Lipinski definition) is 4. The minimum Gasteiger partial charge on any atom is -0.477 e. The number of rotatable bonds is 6. The number of carbonyl (C=O) groups is 3. The van der Waals surface area contributed by atoms with E-state index in [0.717, 1.165) is 16.2 Å². The number of aromatic nitrogens is 2. The number of carboxylic acids is 1. The molecule has 0 saturated carbocycles. The third-order valence-corrected chi connectivity index (χ3v) is 7.10.